The first-order chi connectivity index (χ1) is 11.6. The van der Waals surface area contributed by atoms with E-state index in [1.54, 1.807) is 0 Å². The lowest BCUT2D eigenvalue weighted by molar-refractivity contribution is -0.308. The van der Waals surface area contributed by atoms with E-state index in [9.17, 15) is 5.11 Å². The van der Waals surface area contributed by atoms with Crippen LogP contribution in [0.5, 0.6) is 0 Å². The second kappa shape index (κ2) is 6.20. The Kier molecular flexibility index (Phi) is 4.45. The van der Waals surface area contributed by atoms with E-state index in [4.69, 9.17) is 18.9 Å². The summed E-state index contributed by atoms with van der Waals surface area (Å²) >= 11 is 0. The van der Waals surface area contributed by atoms with Crippen LogP contribution in [-0.2, 0) is 18.9 Å². The second-order valence-electron chi connectivity index (χ2n) is 8.55. The zero-order valence-corrected chi connectivity index (χ0v) is 15.1. The van der Waals surface area contributed by atoms with Gasteiger partial charge in [-0.15, -0.1) is 0 Å². The molecule has 4 aliphatic rings. The van der Waals surface area contributed by atoms with Gasteiger partial charge in [0.15, 0.2) is 12.1 Å². The highest BCUT2D eigenvalue weighted by Gasteiger charge is 2.66. The van der Waals surface area contributed by atoms with Gasteiger partial charge in [0, 0.05) is 24.4 Å². The monoisotopic (exact) mass is 340 g/mol. The highest BCUT2D eigenvalue weighted by molar-refractivity contribution is 5.10. The van der Waals surface area contributed by atoms with Crippen molar-refractivity contribution in [3.63, 3.8) is 0 Å². The average molecular weight is 340 g/mol. The van der Waals surface area contributed by atoms with Gasteiger partial charge >= 0.3 is 0 Å². The van der Waals surface area contributed by atoms with Gasteiger partial charge in [0.25, 0.3) is 0 Å². The average Bonchev–Trinajstić information content (AvgIpc) is 3.23. The van der Waals surface area contributed by atoms with Crippen LogP contribution in [0.25, 0.3) is 0 Å². The van der Waals surface area contributed by atoms with Crippen molar-refractivity contribution < 1.29 is 24.1 Å². The van der Waals surface area contributed by atoms with E-state index >= 15 is 0 Å². The summed E-state index contributed by atoms with van der Waals surface area (Å²) in [6, 6.07) is 0. The maximum atomic E-state index is 9.83. The predicted octanol–water partition coefficient (Wildman–Crippen LogP) is 2.71. The highest BCUT2D eigenvalue weighted by atomic mass is 16.7. The number of ether oxygens (including phenoxy) is 4. The molecule has 0 unspecified atom stereocenters. The van der Waals surface area contributed by atoms with Crippen LogP contribution in [0.3, 0.4) is 0 Å². The molecule has 2 heterocycles. The SMILES string of the molecule is C[C@@]1(CCO)[C@H]2CCCC3(OCCO3)[C@]2(C)CC[C@H]1C1OCCO1. The van der Waals surface area contributed by atoms with E-state index in [0.29, 0.717) is 38.3 Å². The van der Waals surface area contributed by atoms with Gasteiger partial charge in [-0.25, -0.2) is 0 Å². The third-order valence-electron chi connectivity index (χ3n) is 7.64. The Bertz CT molecular complexity index is 457. The number of rotatable bonds is 3. The van der Waals surface area contributed by atoms with E-state index in [1.165, 1.54) is 6.42 Å². The molecule has 1 spiro atoms. The standard InChI is InChI=1S/C19H32O5/c1-17(8-9-20)14(16-21-10-11-22-16)5-7-18(2)15(17)4-3-6-19(18)23-12-13-24-19/h14-16,20H,3-13H2,1-2H3/t14-,15+,17-,18+/m0/s1. The first-order valence-electron chi connectivity index (χ1n) is 9.68. The van der Waals surface area contributed by atoms with Crippen LogP contribution in [0.1, 0.15) is 52.4 Å². The summed E-state index contributed by atoms with van der Waals surface area (Å²) in [5.41, 5.74) is -0.0136. The van der Waals surface area contributed by atoms with Crippen molar-refractivity contribution >= 4 is 0 Å². The highest BCUT2D eigenvalue weighted by Crippen LogP contribution is 2.66. The topological polar surface area (TPSA) is 57.2 Å². The molecule has 4 fully saturated rings. The van der Waals surface area contributed by atoms with Gasteiger partial charge in [0.2, 0.25) is 0 Å². The van der Waals surface area contributed by atoms with Crippen molar-refractivity contribution in [2.24, 2.45) is 22.7 Å². The van der Waals surface area contributed by atoms with Crippen molar-refractivity contribution in [1.29, 1.82) is 0 Å². The zero-order valence-electron chi connectivity index (χ0n) is 15.1. The van der Waals surface area contributed by atoms with Crippen LogP contribution in [0, 0.1) is 22.7 Å². The van der Waals surface area contributed by atoms with Gasteiger partial charge in [0.05, 0.1) is 26.4 Å². The van der Waals surface area contributed by atoms with Crippen LogP contribution >= 0.6 is 0 Å². The Morgan fingerprint density at radius 1 is 0.958 bits per heavy atom. The first-order valence-corrected chi connectivity index (χ1v) is 9.68. The maximum absolute atomic E-state index is 9.83. The molecule has 1 N–H and O–H groups in total. The Morgan fingerprint density at radius 3 is 2.33 bits per heavy atom. The van der Waals surface area contributed by atoms with E-state index in [1.807, 2.05) is 0 Å². The summed E-state index contributed by atoms with van der Waals surface area (Å²) in [4.78, 5) is 0. The molecule has 2 saturated heterocycles. The van der Waals surface area contributed by atoms with Crippen LogP contribution in [0.4, 0.5) is 0 Å². The third kappa shape index (κ3) is 2.32. The number of aliphatic hydroxyl groups excluding tert-OH is 1. The summed E-state index contributed by atoms with van der Waals surface area (Å²) in [6.45, 7) is 7.71. The van der Waals surface area contributed by atoms with E-state index < -0.39 is 5.79 Å². The second-order valence-corrected chi connectivity index (χ2v) is 8.55. The predicted molar refractivity (Wildman–Crippen MR) is 88.3 cm³/mol. The molecule has 2 saturated carbocycles. The van der Waals surface area contributed by atoms with Crippen LogP contribution in [0.15, 0.2) is 0 Å². The molecule has 0 aromatic heterocycles. The van der Waals surface area contributed by atoms with Crippen LogP contribution in [-0.4, -0.2) is 50.2 Å². The molecule has 0 aromatic rings. The molecule has 4 atom stereocenters. The molecule has 4 rings (SSSR count). The summed E-state index contributed by atoms with van der Waals surface area (Å²) in [5, 5.41) is 9.83. The fourth-order valence-electron chi connectivity index (χ4n) is 6.46. The minimum atomic E-state index is -0.422. The molecule has 5 nitrogen and oxygen atoms in total. The molecular weight excluding hydrogens is 308 g/mol. The summed E-state index contributed by atoms with van der Waals surface area (Å²) in [6.07, 6.45) is 6.09. The minimum absolute atomic E-state index is 0.000768. The smallest absolute Gasteiger partial charge is 0.174 e. The Morgan fingerprint density at radius 2 is 1.67 bits per heavy atom. The number of hydrogen-bond acceptors (Lipinski definition) is 5. The molecule has 0 radical (unpaired) electrons. The molecule has 5 heteroatoms. The van der Waals surface area contributed by atoms with Crippen molar-refractivity contribution in [3.8, 4) is 0 Å². The number of hydrogen-bond donors (Lipinski definition) is 1. The molecule has 2 aliphatic carbocycles. The van der Waals surface area contributed by atoms with E-state index in [-0.39, 0.29) is 23.7 Å². The zero-order chi connectivity index (χ0) is 16.8. The summed E-state index contributed by atoms with van der Waals surface area (Å²) in [7, 11) is 0. The lowest BCUT2D eigenvalue weighted by atomic mass is 9.45. The van der Waals surface area contributed by atoms with E-state index in [2.05, 4.69) is 13.8 Å². The lowest BCUT2D eigenvalue weighted by Gasteiger charge is -2.63. The van der Waals surface area contributed by atoms with Gasteiger partial charge in [-0.3, -0.25) is 0 Å². The first kappa shape index (κ1) is 17.2. The van der Waals surface area contributed by atoms with Gasteiger partial charge in [-0.2, -0.15) is 0 Å². The Labute approximate surface area is 145 Å². The third-order valence-corrected chi connectivity index (χ3v) is 7.64. The maximum Gasteiger partial charge on any atom is 0.174 e. The van der Waals surface area contributed by atoms with Crippen LogP contribution in [0.2, 0.25) is 0 Å². The largest absolute Gasteiger partial charge is 0.396 e. The molecule has 0 aromatic carbocycles. The van der Waals surface area contributed by atoms with Crippen molar-refractivity contribution in [2.45, 2.75) is 64.4 Å². The molecule has 138 valence electrons. The molecule has 0 bridgehead atoms. The fraction of sp³-hybridized carbons (Fsp3) is 1.00. The number of fused-ring (bicyclic) bond motifs is 2. The van der Waals surface area contributed by atoms with Gasteiger partial charge in [-0.1, -0.05) is 13.8 Å². The molecule has 0 amide bonds. The molecular formula is C19H32O5. The quantitative estimate of drug-likeness (QED) is 0.856. The van der Waals surface area contributed by atoms with Crippen LogP contribution < -0.4 is 0 Å². The molecule has 24 heavy (non-hydrogen) atoms. The van der Waals surface area contributed by atoms with Gasteiger partial charge in [-0.05, 0) is 43.4 Å². The molecule has 2 aliphatic heterocycles. The lowest BCUT2D eigenvalue weighted by Crippen LogP contribution is -2.63. The summed E-state index contributed by atoms with van der Waals surface area (Å²) < 4.78 is 24.3. The Balaban J connectivity index is 1.69. The fourth-order valence-corrected chi connectivity index (χ4v) is 6.46. The van der Waals surface area contributed by atoms with Gasteiger partial charge in [0.1, 0.15) is 0 Å². The number of aliphatic hydroxyl groups is 1. The van der Waals surface area contributed by atoms with Crippen molar-refractivity contribution in [2.75, 3.05) is 33.0 Å². The summed E-state index contributed by atoms with van der Waals surface area (Å²) in [5.74, 6) is 0.368. The minimum Gasteiger partial charge on any atom is -0.396 e. The van der Waals surface area contributed by atoms with Crippen molar-refractivity contribution in [3.05, 3.63) is 0 Å². The van der Waals surface area contributed by atoms with Crippen molar-refractivity contribution in [1.82, 2.24) is 0 Å². The normalized spacial score (nSPS) is 45.6. The van der Waals surface area contributed by atoms with E-state index in [0.717, 1.165) is 32.1 Å². The van der Waals surface area contributed by atoms with Gasteiger partial charge < -0.3 is 24.1 Å². The Hall–Kier alpha value is -0.200.